The summed E-state index contributed by atoms with van der Waals surface area (Å²) in [5, 5.41) is 2.55. The summed E-state index contributed by atoms with van der Waals surface area (Å²) in [5.41, 5.74) is 1.41. The van der Waals surface area contributed by atoms with E-state index in [1.54, 1.807) is 24.3 Å². The Kier molecular flexibility index (Phi) is 5.61. The number of benzene rings is 2. The van der Waals surface area contributed by atoms with E-state index in [9.17, 15) is 14.0 Å². The number of ether oxygens (including phenoxy) is 2. The first kappa shape index (κ1) is 19.0. The average Bonchev–Trinajstić information content (AvgIpc) is 2.95. The number of urea groups is 1. The van der Waals surface area contributed by atoms with Crippen LogP contribution in [0.1, 0.15) is 11.1 Å². The maximum Gasteiger partial charge on any atom is 0.329 e. The fourth-order valence-corrected chi connectivity index (χ4v) is 2.67. The van der Waals surface area contributed by atoms with Gasteiger partial charge in [-0.1, -0.05) is 24.1 Å². The van der Waals surface area contributed by atoms with Crippen molar-refractivity contribution in [2.45, 2.75) is 6.54 Å². The van der Waals surface area contributed by atoms with Crippen molar-refractivity contribution >= 4 is 18.0 Å². The van der Waals surface area contributed by atoms with Gasteiger partial charge >= 0.3 is 6.03 Å². The van der Waals surface area contributed by atoms with E-state index >= 15 is 0 Å². The summed E-state index contributed by atoms with van der Waals surface area (Å²) in [7, 11) is 1.49. The molecule has 0 spiro atoms. The molecule has 0 aliphatic carbocycles. The highest BCUT2D eigenvalue weighted by molar-refractivity contribution is 6.13. The number of halogens is 1. The fraction of sp³-hybridized carbons (Fsp3) is 0.143. The lowest BCUT2D eigenvalue weighted by atomic mass is 10.1. The van der Waals surface area contributed by atoms with Crippen molar-refractivity contribution in [2.24, 2.45) is 0 Å². The monoisotopic (exact) mass is 380 g/mol. The molecule has 1 fully saturated rings. The van der Waals surface area contributed by atoms with Crippen molar-refractivity contribution in [3.63, 3.8) is 0 Å². The molecule has 6 nitrogen and oxygen atoms in total. The molecule has 0 atom stereocenters. The molecule has 1 saturated heterocycles. The van der Waals surface area contributed by atoms with Gasteiger partial charge in [0.15, 0.2) is 11.5 Å². The molecular weight excluding hydrogens is 363 g/mol. The van der Waals surface area contributed by atoms with Crippen LogP contribution >= 0.6 is 0 Å². The molecule has 1 aliphatic heterocycles. The maximum atomic E-state index is 13.0. The molecule has 1 aliphatic rings. The van der Waals surface area contributed by atoms with E-state index in [2.05, 4.69) is 11.2 Å². The number of imide groups is 1. The fourth-order valence-electron chi connectivity index (χ4n) is 2.67. The quantitative estimate of drug-likeness (QED) is 0.475. The first-order valence-electron chi connectivity index (χ1n) is 8.35. The van der Waals surface area contributed by atoms with E-state index in [4.69, 9.17) is 15.9 Å². The van der Waals surface area contributed by atoms with Gasteiger partial charge in [-0.25, -0.2) is 9.18 Å². The molecule has 142 valence electrons. The first-order chi connectivity index (χ1) is 13.5. The SMILES string of the molecule is C#CCOc1ccc(C=C2NC(=O)N(Cc3ccc(F)cc3)C2=O)cc1OC. The minimum atomic E-state index is -0.540. The normalized spacial score (nSPS) is 14.8. The molecule has 0 saturated carbocycles. The molecule has 1 N–H and O–H groups in total. The predicted molar refractivity (Wildman–Crippen MR) is 101 cm³/mol. The maximum absolute atomic E-state index is 13.0. The van der Waals surface area contributed by atoms with E-state index in [0.29, 0.717) is 22.6 Å². The lowest BCUT2D eigenvalue weighted by molar-refractivity contribution is -0.123. The Morgan fingerprint density at radius 2 is 1.93 bits per heavy atom. The zero-order valence-electron chi connectivity index (χ0n) is 15.1. The van der Waals surface area contributed by atoms with Crippen LogP contribution in [0.4, 0.5) is 9.18 Å². The van der Waals surface area contributed by atoms with Gasteiger partial charge in [-0.2, -0.15) is 0 Å². The van der Waals surface area contributed by atoms with E-state index in [-0.39, 0.29) is 24.7 Å². The number of methoxy groups -OCH3 is 1. The van der Waals surface area contributed by atoms with Crippen LogP contribution in [-0.4, -0.2) is 30.6 Å². The third kappa shape index (κ3) is 4.13. The molecule has 0 bridgehead atoms. The van der Waals surface area contributed by atoms with Crippen LogP contribution in [0, 0.1) is 18.2 Å². The highest BCUT2D eigenvalue weighted by Crippen LogP contribution is 2.29. The Hall–Kier alpha value is -3.79. The summed E-state index contributed by atoms with van der Waals surface area (Å²) in [6.45, 7) is 0.147. The molecule has 1 heterocycles. The summed E-state index contributed by atoms with van der Waals surface area (Å²) in [5.74, 6) is 2.44. The third-order valence-electron chi connectivity index (χ3n) is 4.03. The van der Waals surface area contributed by atoms with Crippen LogP contribution in [-0.2, 0) is 11.3 Å². The Labute approximate surface area is 161 Å². The second kappa shape index (κ2) is 8.27. The number of carbonyl (C=O) groups is 2. The minimum Gasteiger partial charge on any atom is -0.493 e. The number of nitrogens with one attached hydrogen (secondary N) is 1. The Morgan fingerprint density at radius 3 is 2.61 bits per heavy atom. The van der Waals surface area contributed by atoms with Crippen molar-refractivity contribution in [3.8, 4) is 23.8 Å². The van der Waals surface area contributed by atoms with Gasteiger partial charge in [0.05, 0.1) is 13.7 Å². The topological polar surface area (TPSA) is 67.9 Å². The van der Waals surface area contributed by atoms with Gasteiger partial charge in [0.25, 0.3) is 5.91 Å². The van der Waals surface area contributed by atoms with Crippen LogP contribution in [0.25, 0.3) is 6.08 Å². The Bertz CT molecular complexity index is 977. The van der Waals surface area contributed by atoms with Crippen LogP contribution < -0.4 is 14.8 Å². The van der Waals surface area contributed by atoms with Crippen molar-refractivity contribution in [2.75, 3.05) is 13.7 Å². The predicted octanol–water partition coefficient (Wildman–Crippen LogP) is 2.94. The summed E-state index contributed by atoms with van der Waals surface area (Å²) in [4.78, 5) is 25.8. The van der Waals surface area contributed by atoms with Crippen LogP contribution in [0.3, 0.4) is 0 Å². The van der Waals surface area contributed by atoms with Crippen molar-refractivity contribution < 1.29 is 23.5 Å². The van der Waals surface area contributed by atoms with Gasteiger partial charge in [-0.15, -0.1) is 6.42 Å². The van der Waals surface area contributed by atoms with Crippen molar-refractivity contribution in [1.29, 1.82) is 0 Å². The first-order valence-corrected chi connectivity index (χ1v) is 8.35. The molecule has 7 heteroatoms. The lowest BCUT2D eigenvalue weighted by Crippen LogP contribution is -2.30. The van der Waals surface area contributed by atoms with Crippen molar-refractivity contribution in [3.05, 3.63) is 65.1 Å². The summed E-state index contributed by atoms with van der Waals surface area (Å²) < 4.78 is 23.7. The average molecular weight is 380 g/mol. The summed E-state index contributed by atoms with van der Waals surface area (Å²) in [6.07, 6.45) is 6.72. The van der Waals surface area contributed by atoms with Crippen LogP contribution in [0.5, 0.6) is 11.5 Å². The number of hydrogen-bond donors (Lipinski definition) is 1. The van der Waals surface area contributed by atoms with Crippen LogP contribution in [0.2, 0.25) is 0 Å². The van der Waals surface area contributed by atoms with Gasteiger partial charge < -0.3 is 14.8 Å². The number of terminal acetylenes is 1. The summed E-state index contributed by atoms with van der Waals surface area (Å²) >= 11 is 0. The molecule has 2 aromatic rings. The molecule has 3 rings (SSSR count). The number of amides is 3. The van der Waals surface area contributed by atoms with Gasteiger partial charge in [0, 0.05) is 0 Å². The standard InChI is InChI=1S/C21H17FN2O4/c1-3-10-28-18-9-6-15(12-19(18)27-2)11-17-20(25)24(21(26)23-17)13-14-4-7-16(22)8-5-14/h1,4-9,11-12H,10,13H2,2H3,(H,23,26). The number of nitrogens with zero attached hydrogens (tertiary/aromatic N) is 1. The number of carbonyl (C=O) groups excluding carboxylic acids is 2. The highest BCUT2D eigenvalue weighted by atomic mass is 19.1. The lowest BCUT2D eigenvalue weighted by Gasteiger charge is -2.11. The van der Waals surface area contributed by atoms with Gasteiger partial charge in [0.2, 0.25) is 0 Å². The van der Waals surface area contributed by atoms with Gasteiger partial charge in [-0.3, -0.25) is 9.69 Å². The second-order valence-electron chi connectivity index (χ2n) is 5.91. The van der Waals surface area contributed by atoms with E-state index in [1.165, 1.54) is 31.4 Å². The zero-order chi connectivity index (χ0) is 20.1. The van der Waals surface area contributed by atoms with E-state index in [0.717, 1.165) is 4.90 Å². The van der Waals surface area contributed by atoms with Crippen LogP contribution in [0.15, 0.2) is 48.2 Å². The smallest absolute Gasteiger partial charge is 0.329 e. The number of rotatable bonds is 6. The van der Waals surface area contributed by atoms with Crippen molar-refractivity contribution in [1.82, 2.24) is 10.2 Å². The second-order valence-corrected chi connectivity index (χ2v) is 5.91. The molecule has 0 aromatic heterocycles. The Morgan fingerprint density at radius 1 is 1.18 bits per heavy atom. The molecule has 2 aromatic carbocycles. The summed E-state index contributed by atoms with van der Waals surface area (Å²) in [6, 6.07) is 10.1. The van der Waals surface area contributed by atoms with E-state index in [1.807, 2.05) is 0 Å². The zero-order valence-corrected chi connectivity index (χ0v) is 15.1. The third-order valence-corrected chi connectivity index (χ3v) is 4.03. The molecule has 3 amide bonds. The van der Waals surface area contributed by atoms with Gasteiger partial charge in [0.1, 0.15) is 18.1 Å². The minimum absolute atomic E-state index is 0.0461. The molecular formula is C21H17FN2O4. The molecule has 0 radical (unpaired) electrons. The molecule has 28 heavy (non-hydrogen) atoms. The van der Waals surface area contributed by atoms with E-state index < -0.39 is 11.9 Å². The van der Waals surface area contributed by atoms with Gasteiger partial charge in [-0.05, 0) is 41.5 Å². The number of hydrogen-bond acceptors (Lipinski definition) is 4. The highest BCUT2D eigenvalue weighted by Gasteiger charge is 2.33. The largest absolute Gasteiger partial charge is 0.493 e. The molecule has 0 unspecified atom stereocenters. The Balaban J connectivity index is 1.79.